The van der Waals surface area contributed by atoms with Crippen molar-refractivity contribution in [3.8, 4) is 0 Å². The van der Waals surface area contributed by atoms with E-state index in [1.165, 1.54) is 31.2 Å². The van der Waals surface area contributed by atoms with Crippen LogP contribution in [0.4, 0.5) is 0 Å². The molecule has 0 amide bonds. The van der Waals surface area contributed by atoms with E-state index < -0.39 is 7.80 Å². The third-order valence-electron chi connectivity index (χ3n) is 4.53. The normalized spacial score (nSPS) is 11.6. The number of Topliss-reactive ketones (excluding diaryl/α,β-unsaturated/α-hetero) is 1. The Morgan fingerprint density at radius 1 is 0.875 bits per heavy atom. The van der Waals surface area contributed by atoms with Crippen molar-refractivity contribution in [1.82, 2.24) is 0 Å². The van der Waals surface area contributed by atoms with E-state index >= 15 is 0 Å². The highest BCUT2D eigenvalue weighted by molar-refractivity contribution is 7.44. The molecule has 0 heterocycles. The molecular weight excluding hydrogens is 315 g/mol. The first-order valence-corrected chi connectivity index (χ1v) is 11.1. The Bertz CT molecular complexity index is 526. The second-order valence-electron chi connectivity index (χ2n) is 7.00. The lowest BCUT2D eigenvalue weighted by atomic mass is 9.94. The molecule has 0 N–H and O–H groups in total. The molecule has 2 nitrogen and oxygen atoms in total. The molecule has 1 unspecified atom stereocenters. The summed E-state index contributed by atoms with van der Waals surface area (Å²) >= 11 is 0. The number of rotatable bonds is 12. The summed E-state index contributed by atoms with van der Waals surface area (Å²) in [6, 6.07) is 4.16. The van der Waals surface area contributed by atoms with Gasteiger partial charge in [-0.25, -0.2) is 0 Å². The van der Waals surface area contributed by atoms with E-state index in [1.54, 1.807) is 0 Å². The van der Waals surface area contributed by atoms with Crippen molar-refractivity contribution in [3.63, 3.8) is 0 Å². The van der Waals surface area contributed by atoms with Gasteiger partial charge in [0.2, 0.25) is 0 Å². The summed E-state index contributed by atoms with van der Waals surface area (Å²) in [6.45, 7) is 8.31. The minimum atomic E-state index is -1.06. The van der Waals surface area contributed by atoms with Crippen LogP contribution < -0.4 is 0 Å². The zero-order valence-corrected chi connectivity index (χ0v) is 16.9. The lowest BCUT2D eigenvalue weighted by Gasteiger charge is -2.09. The first-order valence-electron chi connectivity index (χ1n) is 9.48. The molecule has 0 aliphatic heterocycles. The number of ketones is 1. The van der Waals surface area contributed by atoms with Gasteiger partial charge in [-0.05, 0) is 57.6 Å². The monoisotopic (exact) mass is 349 g/mol. The van der Waals surface area contributed by atoms with Crippen LogP contribution in [0.2, 0.25) is 0 Å². The minimum Gasteiger partial charge on any atom is -0.294 e. The number of benzene rings is 1. The van der Waals surface area contributed by atoms with Gasteiger partial charge in [-0.15, -0.1) is 0 Å². The van der Waals surface area contributed by atoms with Crippen LogP contribution in [0.25, 0.3) is 0 Å². The van der Waals surface area contributed by atoms with Crippen LogP contribution in [0.5, 0.6) is 0 Å². The molecule has 24 heavy (non-hydrogen) atoms. The van der Waals surface area contributed by atoms with Gasteiger partial charge in [0.15, 0.2) is 5.78 Å². The maximum atomic E-state index is 12.4. The van der Waals surface area contributed by atoms with Crippen molar-refractivity contribution in [2.75, 3.05) is 12.3 Å². The zero-order valence-electron chi connectivity index (χ0n) is 16.0. The van der Waals surface area contributed by atoms with Crippen LogP contribution in [0.3, 0.4) is 0 Å². The van der Waals surface area contributed by atoms with Gasteiger partial charge < -0.3 is 0 Å². The predicted molar refractivity (Wildman–Crippen MR) is 105 cm³/mol. The van der Waals surface area contributed by atoms with E-state index in [-0.39, 0.29) is 5.78 Å². The molecule has 1 aromatic rings. The molecule has 134 valence electrons. The van der Waals surface area contributed by atoms with Crippen LogP contribution in [0.15, 0.2) is 12.1 Å². The molecule has 1 aromatic carbocycles. The maximum Gasteiger partial charge on any atom is 0.338 e. The maximum absolute atomic E-state index is 12.4. The summed E-state index contributed by atoms with van der Waals surface area (Å²) in [5, 5.41) is 0. The molecule has 0 saturated carbocycles. The quantitative estimate of drug-likeness (QED) is 0.237. The Kier molecular flexibility index (Phi) is 10.1. The van der Waals surface area contributed by atoms with Crippen molar-refractivity contribution < 1.29 is 9.36 Å². The second-order valence-corrected chi connectivity index (χ2v) is 8.86. The summed E-state index contributed by atoms with van der Waals surface area (Å²) in [6.07, 6.45) is 10.1. The Morgan fingerprint density at radius 2 is 1.42 bits per heavy atom. The van der Waals surface area contributed by atoms with Gasteiger partial charge in [-0.3, -0.25) is 4.79 Å². The van der Waals surface area contributed by atoms with Crippen molar-refractivity contribution in [3.05, 3.63) is 34.4 Å². The van der Waals surface area contributed by atoms with Gasteiger partial charge in [0.1, 0.15) is 12.3 Å². The number of unbranched alkanes of at least 4 members (excludes halogenated alkanes) is 5. The number of aryl methyl sites for hydroxylation is 3. The average molecular weight is 349 g/mol. The van der Waals surface area contributed by atoms with E-state index in [2.05, 4.69) is 26.0 Å². The Labute approximate surface area is 149 Å². The predicted octanol–water partition coefficient (Wildman–Crippen LogP) is 6.76. The molecule has 1 rings (SSSR count). The van der Waals surface area contributed by atoms with E-state index in [0.29, 0.717) is 6.42 Å². The summed E-state index contributed by atoms with van der Waals surface area (Å²) in [7, 11) is -1.06. The van der Waals surface area contributed by atoms with Gasteiger partial charge in [0.25, 0.3) is 0 Å². The van der Waals surface area contributed by atoms with Gasteiger partial charge in [0.05, 0.1) is 0 Å². The summed E-state index contributed by atoms with van der Waals surface area (Å²) in [5.41, 5.74) is 4.25. The molecule has 1 atom stereocenters. The Balaban J connectivity index is 2.26. The molecular formula is C21H34O2P+. The molecule has 3 heteroatoms. The van der Waals surface area contributed by atoms with E-state index in [1.807, 2.05) is 13.8 Å². The van der Waals surface area contributed by atoms with Crippen LogP contribution in [-0.4, -0.2) is 18.1 Å². The number of hydrogen-bond acceptors (Lipinski definition) is 2. The highest BCUT2D eigenvalue weighted by atomic mass is 31.1. The first-order chi connectivity index (χ1) is 11.5. The van der Waals surface area contributed by atoms with Crippen LogP contribution in [0, 0.1) is 20.8 Å². The third kappa shape index (κ3) is 7.71. The Hall–Kier alpha value is -1.01. The van der Waals surface area contributed by atoms with Crippen LogP contribution in [0.1, 0.15) is 85.3 Å². The molecule has 0 radical (unpaired) electrons. The van der Waals surface area contributed by atoms with Crippen LogP contribution >= 0.6 is 7.80 Å². The topological polar surface area (TPSA) is 34.1 Å². The van der Waals surface area contributed by atoms with Gasteiger partial charge in [0, 0.05) is 12.0 Å². The fourth-order valence-electron chi connectivity index (χ4n) is 3.32. The number of hydrogen-bond donors (Lipinski definition) is 0. The molecule has 0 aromatic heterocycles. The molecule has 0 bridgehead atoms. The van der Waals surface area contributed by atoms with Crippen molar-refractivity contribution >= 4 is 13.6 Å². The van der Waals surface area contributed by atoms with Crippen molar-refractivity contribution in [1.29, 1.82) is 0 Å². The highest BCUT2D eigenvalue weighted by Crippen LogP contribution is 2.25. The molecule has 0 aliphatic rings. The molecule has 0 spiro atoms. The van der Waals surface area contributed by atoms with Crippen molar-refractivity contribution in [2.45, 2.75) is 79.1 Å². The summed E-state index contributed by atoms with van der Waals surface area (Å²) < 4.78 is 12.0. The van der Waals surface area contributed by atoms with E-state index in [0.717, 1.165) is 48.3 Å². The lowest BCUT2D eigenvalue weighted by molar-refractivity contribution is 0.0978. The van der Waals surface area contributed by atoms with Gasteiger partial charge in [-0.2, -0.15) is 0 Å². The fraction of sp³-hybridized carbons (Fsp3) is 0.667. The molecule has 0 aliphatic carbocycles. The van der Waals surface area contributed by atoms with Crippen LogP contribution in [-0.2, 0) is 4.57 Å². The fourth-order valence-corrected chi connectivity index (χ4v) is 4.70. The minimum absolute atomic E-state index is 0.236. The molecule has 0 saturated heterocycles. The highest BCUT2D eigenvalue weighted by Gasteiger charge is 2.16. The van der Waals surface area contributed by atoms with E-state index in [4.69, 9.17) is 0 Å². The number of carbonyl (C=O) groups is 1. The van der Waals surface area contributed by atoms with Gasteiger partial charge >= 0.3 is 7.80 Å². The standard InChI is InChI=1S/C21H34O2P/c1-5-6-7-8-10-13-24(23)14-11-9-12-20(22)21-18(3)15-17(2)16-19(21)4/h15-16H,5-14H2,1-4H3/q+1. The average Bonchev–Trinajstić information content (AvgIpc) is 2.50. The summed E-state index contributed by atoms with van der Waals surface area (Å²) in [4.78, 5) is 12.4. The third-order valence-corrected chi connectivity index (χ3v) is 6.16. The second kappa shape index (κ2) is 11.5. The largest absolute Gasteiger partial charge is 0.338 e. The summed E-state index contributed by atoms with van der Waals surface area (Å²) in [5.74, 6) is 0.236. The number of carbonyl (C=O) groups excluding carboxylic acids is 1. The van der Waals surface area contributed by atoms with Gasteiger partial charge in [-0.1, -0.05) is 48.4 Å². The Morgan fingerprint density at radius 3 is 2.00 bits per heavy atom. The molecule has 0 fully saturated rings. The first kappa shape index (κ1) is 21.0. The SMILES string of the molecule is CCCCCCC[P+](=O)CCCCC(=O)c1c(C)cc(C)cc1C. The zero-order chi connectivity index (χ0) is 17.9. The lowest BCUT2D eigenvalue weighted by Crippen LogP contribution is -2.05. The van der Waals surface area contributed by atoms with Crippen molar-refractivity contribution in [2.24, 2.45) is 0 Å². The smallest absolute Gasteiger partial charge is 0.294 e. The van der Waals surface area contributed by atoms with E-state index in [9.17, 15) is 9.36 Å².